The molecule has 0 N–H and O–H groups in total. The molecular weight excluding hydrogens is 511 g/mol. The molecule has 2 aromatic rings. The minimum Gasteiger partial charge on any atom is -0.493 e. The predicted molar refractivity (Wildman–Crippen MR) is 120 cm³/mol. The normalized spacial score (nSPS) is 9.80. The lowest BCUT2D eigenvalue weighted by atomic mass is 10.1. The number of aryl methyl sites for hydroxylation is 1. The van der Waals surface area contributed by atoms with E-state index in [-0.39, 0.29) is 22.9 Å². The topological polar surface area (TPSA) is 123 Å². The minimum absolute atomic E-state index is 0.0614. The molecule has 0 bridgehead atoms. The molecule has 0 aliphatic heterocycles. The van der Waals surface area contributed by atoms with Crippen molar-refractivity contribution in [3.63, 3.8) is 0 Å². The van der Waals surface area contributed by atoms with E-state index in [1.807, 2.05) is 6.92 Å². The monoisotopic (exact) mass is 534 g/mol. The van der Waals surface area contributed by atoms with Gasteiger partial charge in [-0.15, -0.1) is 0 Å². The fourth-order valence-electron chi connectivity index (χ4n) is 2.55. The molecule has 0 aromatic heterocycles. The number of nitro benzene ring substituents is 2. The Morgan fingerprint density at radius 2 is 1.17 bits per heavy atom. The Bertz CT molecular complexity index is 831. The molecule has 2 aromatic carbocycles. The van der Waals surface area contributed by atoms with Gasteiger partial charge < -0.3 is 18.9 Å². The second-order valence-electron chi connectivity index (χ2n) is 5.70. The number of benzene rings is 2. The third kappa shape index (κ3) is 6.08. The van der Waals surface area contributed by atoms with Crippen LogP contribution < -0.4 is 18.9 Å². The molecule has 0 unspecified atom stereocenters. The Labute approximate surface area is 187 Å². The lowest BCUT2D eigenvalue weighted by Crippen LogP contribution is -1.98. The van der Waals surface area contributed by atoms with E-state index < -0.39 is 9.85 Å². The molecule has 0 heterocycles. The molecule has 11 heteroatoms. The van der Waals surface area contributed by atoms with Gasteiger partial charge in [-0.2, -0.15) is 0 Å². The van der Waals surface area contributed by atoms with Crippen LogP contribution in [0.2, 0.25) is 0 Å². The number of nitrogens with zero attached hydrogens (tertiary/aromatic N) is 2. The van der Waals surface area contributed by atoms with E-state index in [1.54, 1.807) is 12.1 Å². The first-order chi connectivity index (χ1) is 14.3. The number of ether oxygens (including phenoxy) is 4. The SMILES string of the molecule is CCc1cc(OC)c(OC)c([N+](=O)[O-])c1.COc1cc(CI)cc([N+](=O)[O-])c1OC. The van der Waals surface area contributed by atoms with E-state index in [1.165, 1.54) is 40.6 Å². The molecule has 2 rings (SSSR count). The largest absolute Gasteiger partial charge is 0.493 e. The first-order valence-corrected chi connectivity index (χ1v) is 10.1. The van der Waals surface area contributed by atoms with Crippen LogP contribution in [-0.4, -0.2) is 38.3 Å². The molecule has 30 heavy (non-hydrogen) atoms. The van der Waals surface area contributed by atoms with Gasteiger partial charge in [0.25, 0.3) is 0 Å². The molecule has 0 aliphatic rings. The van der Waals surface area contributed by atoms with E-state index in [0.717, 1.165) is 11.1 Å². The van der Waals surface area contributed by atoms with E-state index in [0.29, 0.717) is 22.3 Å². The zero-order valence-electron chi connectivity index (χ0n) is 17.3. The van der Waals surface area contributed by atoms with Crippen LogP contribution in [0.15, 0.2) is 24.3 Å². The molecular formula is C19H23IN2O8. The fourth-order valence-corrected chi connectivity index (χ4v) is 2.99. The minimum atomic E-state index is -0.475. The van der Waals surface area contributed by atoms with Crippen LogP contribution in [0, 0.1) is 20.2 Å². The Kier molecular flexibility index (Phi) is 10.1. The van der Waals surface area contributed by atoms with Gasteiger partial charge in [-0.1, -0.05) is 29.5 Å². The quantitative estimate of drug-likeness (QED) is 0.206. The van der Waals surface area contributed by atoms with Crippen LogP contribution in [0.4, 0.5) is 11.4 Å². The van der Waals surface area contributed by atoms with Gasteiger partial charge >= 0.3 is 11.4 Å². The molecule has 0 spiro atoms. The number of hydrogen-bond donors (Lipinski definition) is 0. The van der Waals surface area contributed by atoms with Gasteiger partial charge in [0.2, 0.25) is 11.5 Å². The molecule has 0 saturated carbocycles. The average Bonchev–Trinajstić information content (AvgIpc) is 2.76. The van der Waals surface area contributed by atoms with Crippen molar-refractivity contribution in [3.8, 4) is 23.0 Å². The summed E-state index contributed by atoms with van der Waals surface area (Å²) < 4.78 is 20.7. The zero-order valence-corrected chi connectivity index (χ0v) is 19.4. The highest BCUT2D eigenvalue weighted by atomic mass is 127. The van der Waals surface area contributed by atoms with Gasteiger partial charge in [0, 0.05) is 16.6 Å². The summed E-state index contributed by atoms with van der Waals surface area (Å²) in [5.41, 5.74) is 1.55. The Morgan fingerprint density at radius 1 is 0.767 bits per heavy atom. The van der Waals surface area contributed by atoms with Crippen molar-refractivity contribution in [1.29, 1.82) is 0 Å². The molecule has 0 atom stereocenters. The van der Waals surface area contributed by atoms with Gasteiger partial charge in [-0.25, -0.2) is 0 Å². The van der Waals surface area contributed by atoms with Crippen molar-refractivity contribution >= 4 is 34.0 Å². The van der Waals surface area contributed by atoms with E-state index in [4.69, 9.17) is 18.9 Å². The molecule has 10 nitrogen and oxygen atoms in total. The summed E-state index contributed by atoms with van der Waals surface area (Å²) in [6.07, 6.45) is 0.710. The highest BCUT2D eigenvalue weighted by molar-refractivity contribution is 14.1. The predicted octanol–water partition coefficient (Wildman–Crippen LogP) is 4.72. The number of rotatable bonds is 8. The van der Waals surface area contributed by atoms with Crippen molar-refractivity contribution in [2.24, 2.45) is 0 Å². The smallest absolute Gasteiger partial charge is 0.315 e. The van der Waals surface area contributed by atoms with Crippen molar-refractivity contribution in [1.82, 2.24) is 0 Å². The fraction of sp³-hybridized carbons (Fsp3) is 0.368. The standard InChI is InChI=1S/C10H13NO4.C9H10INO4/c1-4-7-5-8(11(12)13)10(15-3)9(6-7)14-2;1-14-8-4-6(5-10)3-7(11(12)13)9(8)15-2/h5-6H,4H2,1-3H3;3-4H,5H2,1-2H3. The zero-order chi connectivity index (χ0) is 22.8. The molecule has 0 saturated heterocycles. The Balaban J connectivity index is 0.000000300. The number of nitro groups is 2. The highest BCUT2D eigenvalue weighted by Gasteiger charge is 2.21. The maximum absolute atomic E-state index is 10.8. The summed E-state index contributed by atoms with van der Waals surface area (Å²) in [4.78, 5) is 20.6. The first kappa shape index (κ1) is 25.2. The third-order valence-electron chi connectivity index (χ3n) is 3.99. The lowest BCUT2D eigenvalue weighted by Gasteiger charge is -2.09. The van der Waals surface area contributed by atoms with Crippen molar-refractivity contribution in [3.05, 3.63) is 55.6 Å². The second-order valence-corrected chi connectivity index (χ2v) is 6.47. The molecule has 0 amide bonds. The number of methoxy groups -OCH3 is 4. The van der Waals surface area contributed by atoms with Crippen LogP contribution >= 0.6 is 22.6 Å². The summed E-state index contributed by atoms with van der Waals surface area (Å²) in [6, 6.07) is 6.47. The summed E-state index contributed by atoms with van der Waals surface area (Å²) in [6.45, 7) is 1.92. The van der Waals surface area contributed by atoms with Crippen LogP contribution in [0.25, 0.3) is 0 Å². The maximum Gasteiger partial charge on any atom is 0.315 e. The second kappa shape index (κ2) is 12.0. The average molecular weight is 534 g/mol. The molecule has 0 radical (unpaired) electrons. The number of alkyl halides is 1. The van der Waals surface area contributed by atoms with Gasteiger partial charge in [0.05, 0.1) is 38.3 Å². The Hall–Kier alpha value is -2.83. The van der Waals surface area contributed by atoms with Crippen LogP contribution in [0.5, 0.6) is 23.0 Å². The highest BCUT2D eigenvalue weighted by Crippen LogP contribution is 2.39. The van der Waals surface area contributed by atoms with E-state index in [9.17, 15) is 20.2 Å². The first-order valence-electron chi connectivity index (χ1n) is 8.62. The Morgan fingerprint density at radius 3 is 1.47 bits per heavy atom. The lowest BCUT2D eigenvalue weighted by molar-refractivity contribution is -0.386. The maximum atomic E-state index is 10.8. The summed E-state index contributed by atoms with van der Waals surface area (Å²) in [5, 5.41) is 21.6. The van der Waals surface area contributed by atoms with Gasteiger partial charge in [-0.3, -0.25) is 20.2 Å². The van der Waals surface area contributed by atoms with Gasteiger partial charge in [0.15, 0.2) is 11.5 Å². The van der Waals surface area contributed by atoms with Gasteiger partial charge in [-0.05, 0) is 29.7 Å². The molecule has 164 valence electrons. The molecule has 0 aliphatic carbocycles. The third-order valence-corrected chi connectivity index (χ3v) is 4.87. The summed E-state index contributed by atoms with van der Waals surface area (Å²) in [5.74, 6) is 1.11. The van der Waals surface area contributed by atoms with Crippen molar-refractivity contribution in [2.75, 3.05) is 28.4 Å². The number of halogens is 1. The summed E-state index contributed by atoms with van der Waals surface area (Å²) in [7, 11) is 5.69. The van der Waals surface area contributed by atoms with E-state index in [2.05, 4.69) is 22.6 Å². The number of hydrogen-bond acceptors (Lipinski definition) is 8. The molecule has 0 fully saturated rings. The van der Waals surface area contributed by atoms with Crippen LogP contribution in [-0.2, 0) is 10.8 Å². The van der Waals surface area contributed by atoms with Crippen molar-refractivity contribution < 1.29 is 28.8 Å². The van der Waals surface area contributed by atoms with Crippen molar-refractivity contribution in [2.45, 2.75) is 17.8 Å². The van der Waals surface area contributed by atoms with Crippen LogP contribution in [0.1, 0.15) is 18.1 Å². The summed E-state index contributed by atoms with van der Waals surface area (Å²) >= 11 is 2.13. The van der Waals surface area contributed by atoms with E-state index >= 15 is 0 Å². The van der Waals surface area contributed by atoms with Gasteiger partial charge in [0.1, 0.15) is 0 Å². The van der Waals surface area contributed by atoms with Crippen LogP contribution in [0.3, 0.4) is 0 Å².